The van der Waals surface area contributed by atoms with Crippen molar-refractivity contribution < 1.29 is 14.3 Å². The quantitative estimate of drug-likeness (QED) is 0.435. The van der Waals surface area contributed by atoms with Crippen molar-refractivity contribution in [2.45, 2.75) is 18.1 Å². The van der Waals surface area contributed by atoms with E-state index in [9.17, 15) is 9.59 Å². The third-order valence-electron chi connectivity index (χ3n) is 3.69. The van der Waals surface area contributed by atoms with E-state index in [2.05, 4.69) is 9.97 Å². The minimum absolute atomic E-state index is 0.240. The largest absolute Gasteiger partial charge is 0.451 e. The van der Waals surface area contributed by atoms with Crippen LogP contribution in [0.2, 0.25) is 0 Å². The molecular formula is C18H16N2O3S. The Morgan fingerprint density at radius 2 is 1.96 bits per heavy atom. The van der Waals surface area contributed by atoms with Gasteiger partial charge in [0.2, 0.25) is 5.78 Å². The smallest absolute Gasteiger partial charge is 0.341 e. The molecule has 0 radical (unpaired) electrons. The third kappa shape index (κ3) is 3.05. The van der Waals surface area contributed by atoms with Crippen molar-refractivity contribution in [3.05, 3.63) is 59.9 Å². The molecule has 3 rings (SSSR count). The number of nitrogens with zero attached hydrogens (tertiary/aromatic N) is 1. The predicted octanol–water partition coefficient (Wildman–Crippen LogP) is 3.71. The number of nitrogens with one attached hydrogen (secondary N) is 1. The van der Waals surface area contributed by atoms with E-state index in [1.54, 1.807) is 31.5 Å². The first kappa shape index (κ1) is 16.3. The number of aromatic nitrogens is 2. The number of H-pyrrole nitrogens is 1. The number of pyridine rings is 1. The highest BCUT2D eigenvalue weighted by Crippen LogP contribution is 2.22. The van der Waals surface area contributed by atoms with Crippen molar-refractivity contribution >= 4 is 34.4 Å². The summed E-state index contributed by atoms with van der Waals surface area (Å²) in [6.07, 6.45) is 4.21. The molecule has 2 aromatic heterocycles. The number of carbonyl (C=O) groups excluding carboxylic acids is 2. The van der Waals surface area contributed by atoms with Gasteiger partial charge in [-0.1, -0.05) is 18.2 Å². The number of fused-ring (bicyclic) bond motifs is 1. The van der Waals surface area contributed by atoms with E-state index in [4.69, 9.17) is 4.74 Å². The number of hydrogen-bond acceptors (Lipinski definition) is 5. The SMILES string of the molecule is CSc1ncccc1C(=O)O[C@H](C)C(=O)c1c[nH]c2ccccc12. The van der Waals surface area contributed by atoms with E-state index in [1.165, 1.54) is 11.8 Å². The molecule has 24 heavy (non-hydrogen) atoms. The van der Waals surface area contributed by atoms with Crippen molar-refractivity contribution in [2.75, 3.05) is 6.26 Å². The van der Waals surface area contributed by atoms with Crippen LogP contribution < -0.4 is 0 Å². The lowest BCUT2D eigenvalue weighted by atomic mass is 10.1. The number of Topliss-reactive ketones (excluding diaryl/α,β-unsaturated/α-hetero) is 1. The van der Waals surface area contributed by atoms with Gasteiger partial charge >= 0.3 is 5.97 Å². The van der Waals surface area contributed by atoms with Gasteiger partial charge in [-0.25, -0.2) is 9.78 Å². The minimum Gasteiger partial charge on any atom is -0.451 e. The molecule has 0 amide bonds. The van der Waals surface area contributed by atoms with Crippen molar-refractivity contribution in [3.8, 4) is 0 Å². The Morgan fingerprint density at radius 1 is 1.17 bits per heavy atom. The van der Waals surface area contributed by atoms with Gasteiger partial charge in [-0.15, -0.1) is 11.8 Å². The zero-order valence-electron chi connectivity index (χ0n) is 13.3. The summed E-state index contributed by atoms with van der Waals surface area (Å²) >= 11 is 1.36. The van der Waals surface area contributed by atoms with Crippen LogP contribution in [-0.4, -0.2) is 34.1 Å². The Kier molecular flexibility index (Phi) is 4.66. The van der Waals surface area contributed by atoms with E-state index >= 15 is 0 Å². The first-order chi connectivity index (χ1) is 11.6. The van der Waals surface area contributed by atoms with Crippen molar-refractivity contribution in [1.29, 1.82) is 0 Å². The maximum absolute atomic E-state index is 12.6. The molecule has 0 unspecified atom stereocenters. The summed E-state index contributed by atoms with van der Waals surface area (Å²) in [7, 11) is 0. The normalized spacial score (nSPS) is 12.1. The maximum Gasteiger partial charge on any atom is 0.341 e. The van der Waals surface area contributed by atoms with Gasteiger partial charge in [0.15, 0.2) is 6.10 Å². The standard InChI is InChI=1S/C18H16N2O3S/c1-11(23-18(22)13-7-5-9-19-17(13)24-2)16(21)14-10-20-15-8-4-3-6-12(14)15/h3-11,20H,1-2H3/t11-/m1/s1. The number of aromatic amines is 1. The van der Waals surface area contributed by atoms with Gasteiger partial charge in [0, 0.05) is 28.9 Å². The molecule has 0 aliphatic rings. The van der Waals surface area contributed by atoms with Crippen LogP contribution in [0, 0.1) is 0 Å². The predicted molar refractivity (Wildman–Crippen MR) is 93.5 cm³/mol. The first-order valence-corrected chi connectivity index (χ1v) is 8.64. The van der Waals surface area contributed by atoms with Crippen molar-refractivity contribution in [1.82, 2.24) is 9.97 Å². The molecule has 0 bridgehead atoms. The second-order valence-corrected chi connectivity index (χ2v) is 6.01. The van der Waals surface area contributed by atoms with Crippen LogP contribution in [0.5, 0.6) is 0 Å². The number of para-hydroxylation sites is 1. The average Bonchev–Trinajstić information content (AvgIpc) is 3.04. The monoisotopic (exact) mass is 340 g/mol. The molecule has 5 nitrogen and oxygen atoms in total. The highest BCUT2D eigenvalue weighted by Gasteiger charge is 2.24. The number of benzene rings is 1. The van der Waals surface area contributed by atoms with E-state index in [0.717, 1.165) is 10.9 Å². The average molecular weight is 340 g/mol. The van der Waals surface area contributed by atoms with Crippen LogP contribution in [0.1, 0.15) is 27.6 Å². The second-order valence-electron chi connectivity index (χ2n) is 5.22. The van der Waals surface area contributed by atoms with Crippen LogP contribution in [0.25, 0.3) is 10.9 Å². The number of thioether (sulfide) groups is 1. The second kappa shape index (κ2) is 6.88. The summed E-state index contributed by atoms with van der Waals surface area (Å²) in [4.78, 5) is 32.1. The molecule has 0 fully saturated rings. The maximum atomic E-state index is 12.6. The molecule has 1 aromatic carbocycles. The molecular weight excluding hydrogens is 324 g/mol. The van der Waals surface area contributed by atoms with Crippen LogP contribution in [0.15, 0.2) is 53.8 Å². The Bertz CT molecular complexity index is 904. The van der Waals surface area contributed by atoms with Gasteiger partial charge in [-0.05, 0) is 31.4 Å². The van der Waals surface area contributed by atoms with Crippen molar-refractivity contribution in [2.24, 2.45) is 0 Å². The lowest BCUT2D eigenvalue weighted by Crippen LogP contribution is -2.24. The number of esters is 1. The number of hydrogen-bond donors (Lipinski definition) is 1. The molecule has 1 atom stereocenters. The number of ketones is 1. The van der Waals surface area contributed by atoms with Gasteiger partial charge in [-0.2, -0.15) is 0 Å². The van der Waals surface area contributed by atoms with Gasteiger partial charge in [-0.3, -0.25) is 4.79 Å². The molecule has 6 heteroatoms. The Labute approximate surface area is 143 Å². The summed E-state index contributed by atoms with van der Waals surface area (Å²) in [6, 6.07) is 10.8. The van der Waals surface area contributed by atoms with E-state index < -0.39 is 12.1 Å². The summed E-state index contributed by atoms with van der Waals surface area (Å²) < 4.78 is 5.36. The molecule has 0 saturated heterocycles. The Balaban J connectivity index is 1.80. The zero-order valence-corrected chi connectivity index (χ0v) is 14.1. The van der Waals surface area contributed by atoms with E-state index in [1.807, 2.05) is 30.5 Å². The molecule has 3 aromatic rings. The molecule has 0 aliphatic carbocycles. The van der Waals surface area contributed by atoms with Gasteiger partial charge < -0.3 is 9.72 Å². The third-order valence-corrected chi connectivity index (χ3v) is 4.40. The van der Waals surface area contributed by atoms with Gasteiger partial charge in [0.1, 0.15) is 5.03 Å². The number of carbonyl (C=O) groups is 2. The topological polar surface area (TPSA) is 72.0 Å². The van der Waals surface area contributed by atoms with Crippen LogP contribution in [0.4, 0.5) is 0 Å². The van der Waals surface area contributed by atoms with Crippen LogP contribution in [0.3, 0.4) is 0 Å². The molecule has 1 N–H and O–H groups in total. The lowest BCUT2D eigenvalue weighted by Gasteiger charge is -2.13. The molecule has 0 spiro atoms. The van der Waals surface area contributed by atoms with E-state index in [0.29, 0.717) is 16.2 Å². The summed E-state index contributed by atoms with van der Waals surface area (Å²) in [5, 5.41) is 1.39. The highest BCUT2D eigenvalue weighted by molar-refractivity contribution is 7.98. The first-order valence-electron chi connectivity index (χ1n) is 7.42. The van der Waals surface area contributed by atoms with E-state index in [-0.39, 0.29) is 5.78 Å². The highest BCUT2D eigenvalue weighted by atomic mass is 32.2. The van der Waals surface area contributed by atoms with Crippen molar-refractivity contribution in [3.63, 3.8) is 0 Å². The van der Waals surface area contributed by atoms with Crippen LogP contribution >= 0.6 is 11.8 Å². The fourth-order valence-electron chi connectivity index (χ4n) is 2.48. The molecule has 0 saturated carbocycles. The summed E-state index contributed by atoms with van der Waals surface area (Å²) in [6.45, 7) is 1.58. The minimum atomic E-state index is -0.883. The molecule has 122 valence electrons. The van der Waals surface area contributed by atoms with Gasteiger partial charge in [0.25, 0.3) is 0 Å². The number of ether oxygens (including phenoxy) is 1. The Hall–Kier alpha value is -2.60. The Morgan fingerprint density at radius 3 is 2.75 bits per heavy atom. The fourth-order valence-corrected chi connectivity index (χ4v) is 3.02. The number of rotatable bonds is 5. The summed E-state index contributed by atoms with van der Waals surface area (Å²) in [5.41, 5.74) is 1.75. The summed E-state index contributed by atoms with van der Waals surface area (Å²) in [5.74, 6) is -0.788. The van der Waals surface area contributed by atoms with Crippen LogP contribution in [-0.2, 0) is 4.74 Å². The van der Waals surface area contributed by atoms with Gasteiger partial charge in [0.05, 0.1) is 5.56 Å². The molecule has 2 heterocycles. The lowest BCUT2D eigenvalue weighted by molar-refractivity contribution is 0.0315. The molecule has 0 aliphatic heterocycles. The fraction of sp³-hybridized carbons (Fsp3) is 0.167. The zero-order chi connectivity index (χ0) is 17.1.